The van der Waals surface area contributed by atoms with E-state index in [1.165, 1.54) is 50.2 Å². The summed E-state index contributed by atoms with van der Waals surface area (Å²) >= 11 is 0. The molecule has 0 aliphatic carbocycles. The Kier molecular flexibility index (Phi) is 5.98. The first-order valence-electron chi connectivity index (χ1n) is 8.97. The van der Waals surface area contributed by atoms with Crippen molar-refractivity contribution in [3.05, 3.63) is 89.2 Å². The van der Waals surface area contributed by atoms with Crippen molar-refractivity contribution in [1.29, 1.82) is 0 Å². The molecule has 8 heteroatoms. The van der Waals surface area contributed by atoms with E-state index >= 15 is 0 Å². The smallest absolute Gasteiger partial charge is 0.261 e. The number of anilines is 2. The maximum absolute atomic E-state index is 13.4. The standard InChI is InChI=1S/C22H19FN2O4S/c1-14-12-20(10-11-21(14)23)30(28,29)25-18-8-6-16(7-9-18)22(27)24-19-5-3-4-17(13-19)15(2)26/h3-13,25H,1-2H3,(H,24,27). The molecule has 3 rings (SSSR count). The van der Waals surface area contributed by atoms with Crippen LogP contribution in [0.4, 0.5) is 15.8 Å². The fourth-order valence-corrected chi connectivity index (χ4v) is 3.85. The van der Waals surface area contributed by atoms with Gasteiger partial charge in [0.1, 0.15) is 5.82 Å². The van der Waals surface area contributed by atoms with Gasteiger partial charge in [0.15, 0.2) is 5.78 Å². The molecule has 2 N–H and O–H groups in total. The SMILES string of the molecule is CC(=O)c1cccc(NC(=O)c2ccc(NS(=O)(=O)c3ccc(F)c(C)c3)cc2)c1. The van der Waals surface area contributed by atoms with Crippen LogP contribution in [0.1, 0.15) is 33.2 Å². The molecule has 0 unspecified atom stereocenters. The van der Waals surface area contributed by atoms with Crippen LogP contribution in [0.25, 0.3) is 0 Å². The molecule has 0 aliphatic heterocycles. The van der Waals surface area contributed by atoms with Crippen molar-refractivity contribution in [2.24, 2.45) is 0 Å². The second kappa shape index (κ2) is 8.46. The molecule has 0 radical (unpaired) electrons. The van der Waals surface area contributed by atoms with E-state index in [1.54, 1.807) is 24.3 Å². The number of hydrogen-bond acceptors (Lipinski definition) is 4. The zero-order valence-electron chi connectivity index (χ0n) is 16.3. The Hall–Kier alpha value is -3.52. The number of sulfonamides is 1. The molecule has 154 valence electrons. The lowest BCUT2D eigenvalue weighted by Gasteiger charge is -2.10. The van der Waals surface area contributed by atoms with Crippen LogP contribution in [0.2, 0.25) is 0 Å². The number of hydrogen-bond donors (Lipinski definition) is 2. The summed E-state index contributed by atoms with van der Waals surface area (Å²) in [4.78, 5) is 23.8. The highest BCUT2D eigenvalue weighted by Crippen LogP contribution is 2.20. The normalized spacial score (nSPS) is 11.0. The minimum absolute atomic E-state index is 0.0615. The highest BCUT2D eigenvalue weighted by molar-refractivity contribution is 7.92. The molecule has 0 spiro atoms. The van der Waals surface area contributed by atoms with Gasteiger partial charge in [-0.15, -0.1) is 0 Å². The van der Waals surface area contributed by atoms with Crippen LogP contribution in [-0.2, 0) is 10.0 Å². The van der Waals surface area contributed by atoms with E-state index in [0.717, 1.165) is 6.07 Å². The minimum Gasteiger partial charge on any atom is -0.322 e. The molecule has 0 saturated heterocycles. The Morgan fingerprint density at radius 2 is 1.57 bits per heavy atom. The van der Waals surface area contributed by atoms with Gasteiger partial charge >= 0.3 is 0 Å². The zero-order valence-corrected chi connectivity index (χ0v) is 17.1. The van der Waals surface area contributed by atoms with Crippen LogP contribution < -0.4 is 10.0 Å². The molecule has 0 bridgehead atoms. The summed E-state index contributed by atoms with van der Waals surface area (Å²) in [6.07, 6.45) is 0. The summed E-state index contributed by atoms with van der Waals surface area (Å²) in [6.45, 7) is 2.92. The lowest BCUT2D eigenvalue weighted by Crippen LogP contribution is -2.14. The largest absolute Gasteiger partial charge is 0.322 e. The zero-order chi connectivity index (χ0) is 21.9. The van der Waals surface area contributed by atoms with Crippen LogP contribution >= 0.6 is 0 Å². The molecule has 0 saturated carbocycles. The van der Waals surface area contributed by atoms with Gasteiger partial charge in [-0.1, -0.05) is 12.1 Å². The van der Waals surface area contributed by atoms with E-state index < -0.39 is 21.7 Å². The second-order valence-corrected chi connectivity index (χ2v) is 8.37. The van der Waals surface area contributed by atoms with Crippen molar-refractivity contribution in [3.8, 4) is 0 Å². The summed E-state index contributed by atoms with van der Waals surface area (Å²) in [5.41, 5.74) is 1.74. The Morgan fingerprint density at radius 1 is 0.867 bits per heavy atom. The third-order valence-electron chi connectivity index (χ3n) is 4.37. The maximum Gasteiger partial charge on any atom is 0.261 e. The van der Waals surface area contributed by atoms with Gasteiger partial charge in [-0.2, -0.15) is 0 Å². The first-order valence-corrected chi connectivity index (χ1v) is 10.5. The molecule has 0 fully saturated rings. The van der Waals surface area contributed by atoms with Gasteiger partial charge in [-0.3, -0.25) is 14.3 Å². The van der Waals surface area contributed by atoms with E-state index in [0.29, 0.717) is 16.8 Å². The molecule has 3 aromatic rings. The van der Waals surface area contributed by atoms with Crippen molar-refractivity contribution in [2.75, 3.05) is 10.0 Å². The van der Waals surface area contributed by atoms with Crippen molar-refractivity contribution in [1.82, 2.24) is 0 Å². The Labute approximate surface area is 173 Å². The number of nitrogens with one attached hydrogen (secondary N) is 2. The van der Waals surface area contributed by atoms with Crippen molar-refractivity contribution in [2.45, 2.75) is 18.7 Å². The van der Waals surface area contributed by atoms with Crippen LogP contribution in [0.15, 0.2) is 71.6 Å². The highest BCUT2D eigenvalue weighted by Gasteiger charge is 2.16. The van der Waals surface area contributed by atoms with E-state index in [1.807, 2.05) is 0 Å². The Balaban J connectivity index is 1.72. The maximum atomic E-state index is 13.4. The third-order valence-corrected chi connectivity index (χ3v) is 5.74. The van der Waals surface area contributed by atoms with E-state index in [4.69, 9.17) is 0 Å². The van der Waals surface area contributed by atoms with E-state index in [9.17, 15) is 22.4 Å². The van der Waals surface area contributed by atoms with Crippen LogP contribution in [-0.4, -0.2) is 20.1 Å². The monoisotopic (exact) mass is 426 g/mol. The average Bonchev–Trinajstić information content (AvgIpc) is 2.70. The number of amides is 1. The van der Waals surface area contributed by atoms with Gasteiger partial charge in [0.25, 0.3) is 15.9 Å². The molecule has 1 amide bonds. The molecule has 6 nitrogen and oxygen atoms in total. The topological polar surface area (TPSA) is 92.3 Å². The predicted molar refractivity (Wildman–Crippen MR) is 113 cm³/mol. The second-order valence-electron chi connectivity index (χ2n) is 6.68. The quantitative estimate of drug-likeness (QED) is 0.572. The molecular weight excluding hydrogens is 407 g/mol. The lowest BCUT2D eigenvalue weighted by molar-refractivity contribution is 0.101. The number of Topliss-reactive ketones (excluding diaryl/α,β-unsaturated/α-hetero) is 1. The summed E-state index contributed by atoms with van der Waals surface area (Å²) in [5, 5.41) is 2.69. The molecule has 3 aromatic carbocycles. The van der Waals surface area contributed by atoms with Gasteiger partial charge in [0, 0.05) is 22.5 Å². The van der Waals surface area contributed by atoms with Gasteiger partial charge in [0.2, 0.25) is 0 Å². The van der Waals surface area contributed by atoms with Crippen LogP contribution in [0.3, 0.4) is 0 Å². The molecule has 0 heterocycles. The van der Waals surface area contributed by atoms with Gasteiger partial charge in [-0.05, 0) is 74.0 Å². The van der Waals surface area contributed by atoms with E-state index in [2.05, 4.69) is 10.0 Å². The number of aryl methyl sites for hydroxylation is 1. The predicted octanol–water partition coefficient (Wildman–Crippen LogP) is 4.39. The molecule has 30 heavy (non-hydrogen) atoms. The van der Waals surface area contributed by atoms with E-state index in [-0.39, 0.29) is 21.9 Å². The molecule has 0 aromatic heterocycles. The summed E-state index contributed by atoms with van der Waals surface area (Å²) in [5.74, 6) is -1.00. The number of ketones is 1. The molecular formula is C22H19FN2O4S. The number of rotatable bonds is 6. The molecule has 0 atom stereocenters. The first-order chi connectivity index (χ1) is 14.2. The number of carbonyl (C=O) groups is 2. The van der Waals surface area contributed by atoms with Crippen molar-refractivity contribution < 1.29 is 22.4 Å². The lowest BCUT2D eigenvalue weighted by atomic mass is 10.1. The summed E-state index contributed by atoms with van der Waals surface area (Å²) in [7, 11) is -3.90. The fraction of sp³-hybridized carbons (Fsp3) is 0.0909. The number of benzene rings is 3. The van der Waals surface area contributed by atoms with Gasteiger partial charge in [0.05, 0.1) is 4.90 Å². The summed E-state index contributed by atoms with van der Waals surface area (Å²) < 4.78 is 40.7. The van der Waals surface area contributed by atoms with Crippen LogP contribution in [0.5, 0.6) is 0 Å². The Morgan fingerprint density at radius 3 is 2.20 bits per heavy atom. The van der Waals surface area contributed by atoms with Gasteiger partial charge in [-0.25, -0.2) is 12.8 Å². The minimum atomic E-state index is -3.90. The Bertz CT molecular complexity index is 1220. The van der Waals surface area contributed by atoms with Crippen molar-refractivity contribution >= 4 is 33.1 Å². The first kappa shape index (κ1) is 21.2. The third kappa shape index (κ3) is 4.90. The van der Waals surface area contributed by atoms with Gasteiger partial charge < -0.3 is 5.32 Å². The number of halogens is 1. The number of carbonyl (C=O) groups excluding carboxylic acids is 2. The average molecular weight is 426 g/mol. The van der Waals surface area contributed by atoms with Crippen LogP contribution in [0, 0.1) is 12.7 Å². The summed E-state index contributed by atoms with van der Waals surface area (Å²) in [6, 6.07) is 15.9. The molecule has 0 aliphatic rings. The fourth-order valence-electron chi connectivity index (χ4n) is 2.71. The van der Waals surface area contributed by atoms with Crippen molar-refractivity contribution in [3.63, 3.8) is 0 Å². The highest BCUT2D eigenvalue weighted by atomic mass is 32.2.